The second kappa shape index (κ2) is 8.66. The third-order valence-electron chi connectivity index (χ3n) is 3.94. The normalized spacial score (nSPS) is 14.7. The minimum atomic E-state index is -0.707. The van der Waals surface area contributed by atoms with Crippen LogP contribution in [0.5, 0.6) is 0 Å². The zero-order chi connectivity index (χ0) is 19.3. The van der Waals surface area contributed by atoms with E-state index in [1.165, 1.54) is 0 Å². The summed E-state index contributed by atoms with van der Waals surface area (Å²) in [6, 6.07) is 3.95. The maximum Gasteiger partial charge on any atom is 0.266 e. The fraction of sp³-hybridized carbons (Fsp3) is 0.333. The summed E-state index contributed by atoms with van der Waals surface area (Å²) in [6.07, 6.45) is 4.47. The predicted octanol–water partition coefficient (Wildman–Crippen LogP) is 1.94. The number of carbonyl (C=O) groups excluding carboxylic acids is 1. The quantitative estimate of drug-likeness (QED) is 0.329. The topological polar surface area (TPSA) is 123 Å². The number of benzene rings is 1. The Hall–Kier alpha value is -2.61. The number of primary amides is 1. The van der Waals surface area contributed by atoms with E-state index in [4.69, 9.17) is 17.2 Å². The number of carbonyl (C=O) groups is 1. The van der Waals surface area contributed by atoms with E-state index in [9.17, 15) is 4.79 Å². The van der Waals surface area contributed by atoms with Crippen LogP contribution >= 0.6 is 11.8 Å². The van der Waals surface area contributed by atoms with Crippen LogP contribution in [0.1, 0.15) is 31.4 Å². The number of rotatable bonds is 7. The highest BCUT2D eigenvalue weighted by atomic mass is 32.2. The first-order valence-corrected chi connectivity index (χ1v) is 9.47. The Bertz CT molecular complexity index is 784. The van der Waals surface area contributed by atoms with Gasteiger partial charge in [0.15, 0.2) is 0 Å². The summed E-state index contributed by atoms with van der Waals surface area (Å²) in [5, 5.41) is 9.34. The van der Waals surface area contributed by atoms with Crippen LogP contribution in [0.4, 0.5) is 5.69 Å². The molecule has 26 heavy (non-hydrogen) atoms. The van der Waals surface area contributed by atoms with Gasteiger partial charge in [-0.15, -0.1) is 11.8 Å². The third kappa shape index (κ3) is 4.32. The van der Waals surface area contributed by atoms with E-state index in [0.717, 1.165) is 22.0 Å². The lowest BCUT2D eigenvalue weighted by Gasteiger charge is -2.26. The molecule has 0 saturated carbocycles. The summed E-state index contributed by atoms with van der Waals surface area (Å²) >= 11 is 1.69. The second-order valence-electron chi connectivity index (χ2n) is 5.75. The van der Waals surface area contributed by atoms with E-state index < -0.39 is 5.91 Å². The van der Waals surface area contributed by atoms with Crippen molar-refractivity contribution in [3.8, 4) is 0 Å². The molecular formula is C18H26N6OS. The van der Waals surface area contributed by atoms with Crippen LogP contribution in [0, 0.1) is 6.92 Å². The van der Waals surface area contributed by atoms with Crippen LogP contribution in [-0.2, 0) is 4.79 Å². The van der Waals surface area contributed by atoms with Gasteiger partial charge in [0.05, 0.1) is 5.70 Å². The van der Waals surface area contributed by atoms with Crippen molar-refractivity contribution in [1.29, 1.82) is 0 Å². The number of anilines is 1. The van der Waals surface area contributed by atoms with E-state index in [1.807, 2.05) is 38.3 Å². The minimum Gasteiger partial charge on any atom is -0.398 e. The van der Waals surface area contributed by atoms with Crippen LogP contribution in [0.15, 0.2) is 39.7 Å². The number of hydrazone groups is 1. The Balaban J connectivity index is 2.56. The zero-order valence-corrected chi connectivity index (χ0v) is 16.2. The van der Waals surface area contributed by atoms with Crippen molar-refractivity contribution >= 4 is 35.3 Å². The fourth-order valence-electron chi connectivity index (χ4n) is 2.60. The van der Waals surface area contributed by atoms with E-state index in [0.29, 0.717) is 29.9 Å². The molecule has 0 aromatic heterocycles. The van der Waals surface area contributed by atoms with E-state index >= 15 is 0 Å². The van der Waals surface area contributed by atoms with Gasteiger partial charge in [0.2, 0.25) is 0 Å². The number of nitrogens with two attached hydrogens (primary N) is 3. The number of hydrogen-bond donors (Lipinski definition) is 4. The SMILES string of the molecule is CCSc1cc(C)c(N)c(/C(NC2=CCC=NN2CC)=C(\N)C(N)=O)c1. The lowest BCUT2D eigenvalue weighted by atomic mass is 10.0. The second-order valence-corrected chi connectivity index (χ2v) is 7.09. The minimum absolute atomic E-state index is 0.0683. The molecule has 0 atom stereocenters. The number of nitrogen functional groups attached to an aromatic ring is 1. The number of aryl methyl sites for hydroxylation is 1. The molecule has 2 rings (SSSR count). The van der Waals surface area contributed by atoms with Crippen LogP contribution < -0.4 is 22.5 Å². The molecule has 1 aliphatic heterocycles. The van der Waals surface area contributed by atoms with Gasteiger partial charge in [0, 0.05) is 35.3 Å². The van der Waals surface area contributed by atoms with Gasteiger partial charge in [-0.25, -0.2) is 0 Å². The van der Waals surface area contributed by atoms with Gasteiger partial charge in [0.1, 0.15) is 11.5 Å². The van der Waals surface area contributed by atoms with Gasteiger partial charge < -0.3 is 22.5 Å². The summed E-state index contributed by atoms with van der Waals surface area (Å²) in [5.74, 6) is 0.949. The lowest BCUT2D eigenvalue weighted by Crippen LogP contribution is -2.33. The first kappa shape index (κ1) is 19.7. The van der Waals surface area contributed by atoms with Crippen LogP contribution in [0.25, 0.3) is 5.70 Å². The van der Waals surface area contributed by atoms with Crippen LogP contribution in [-0.4, -0.2) is 29.4 Å². The third-order valence-corrected chi connectivity index (χ3v) is 4.80. The average Bonchev–Trinajstić information content (AvgIpc) is 2.62. The molecule has 1 heterocycles. The van der Waals surface area contributed by atoms with Crippen molar-refractivity contribution in [2.45, 2.75) is 32.1 Å². The van der Waals surface area contributed by atoms with Crippen molar-refractivity contribution in [2.75, 3.05) is 18.0 Å². The van der Waals surface area contributed by atoms with Gasteiger partial charge in [0.25, 0.3) is 5.91 Å². The number of allylic oxidation sites excluding steroid dienone is 1. The molecule has 1 aromatic carbocycles. The molecule has 0 radical (unpaired) electrons. The van der Waals surface area contributed by atoms with Crippen molar-refractivity contribution in [3.63, 3.8) is 0 Å². The molecule has 7 nitrogen and oxygen atoms in total. The highest BCUT2D eigenvalue weighted by Gasteiger charge is 2.20. The molecule has 140 valence electrons. The van der Waals surface area contributed by atoms with Gasteiger partial charge in [-0.1, -0.05) is 6.92 Å². The van der Waals surface area contributed by atoms with Crippen molar-refractivity contribution in [3.05, 3.63) is 40.9 Å². The van der Waals surface area contributed by atoms with Crippen molar-refractivity contribution in [1.82, 2.24) is 10.3 Å². The molecule has 0 saturated heterocycles. The van der Waals surface area contributed by atoms with Gasteiger partial charge in [-0.05, 0) is 43.4 Å². The molecule has 0 aliphatic carbocycles. The van der Waals surface area contributed by atoms with Crippen molar-refractivity contribution in [2.24, 2.45) is 16.6 Å². The molecule has 0 spiro atoms. The zero-order valence-electron chi connectivity index (χ0n) is 15.4. The summed E-state index contributed by atoms with van der Waals surface area (Å²) in [7, 11) is 0. The molecular weight excluding hydrogens is 348 g/mol. The number of nitrogens with one attached hydrogen (secondary N) is 1. The monoisotopic (exact) mass is 374 g/mol. The van der Waals surface area contributed by atoms with Gasteiger partial charge in [-0.2, -0.15) is 5.10 Å². The van der Waals surface area contributed by atoms with Gasteiger partial charge in [-0.3, -0.25) is 9.80 Å². The first-order chi connectivity index (χ1) is 12.4. The van der Waals surface area contributed by atoms with E-state index in [-0.39, 0.29) is 5.70 Å². The Kier molecular flexibility index (Phi) is 6.57. The average molecular weight is 375 g/mol. The summed E-state index contributed by atoms with van der Waals surface area (Å²) in [4.78, 5) is 12.9. The number of hydrogen-bond acceptors (Lipinski definition) is 7. The first-order valence-electron chi connectivity index (χ1n) is 8.49. The Labute approximate surface area is 158 Å². The Morgan fingerprint density at radius 1 is 1.35 bits per heavy atom. The number of amides is 1. The maximum absolute atomic E-state index is 11.8. The summed E-state index contributed by atoms with van der Waals surface area (Å²) in [5.41, 5.74) is 20.3. The molecule has 1 aliphatic rings. The number of thioether (sulfide) groups is 1. The molecule has 0 bridgehead atoms. The predicted molar refractivity (Wildman–Crippen MR) is 109 cm³/mol. The standard InChI is InChI=1S/C18H26N6OS/c1-4-24-14(7-6-8-22-24)23-17(16(20)18(21)25)13-10-12(26-5-2)9-11(3)15(13)19/h7-10,23H,4-6,19-20H2,1-3H3,(H2,21,25)/b17-16+. The molecule has 1 amide bonds. The molecule has 8 heteroatoms. The number of nitrogens with zero attached hydrogens (tertiary/aromatic N) is 2. The van der Waals surface area contributed by atoms with E-state index in [1.54, 1.807) is 16.8 Å². The molecule has 1 aromatic rings. The highest BCUT2D eigenvalue weighted by Crippen LogP contribution is 2.31. The van der Waals surface area contributed by atoms with Crippen molar-refractivity contribution < 1.29 is 4.79 Å². The van der Waals surface area contributed by atoms with Crippen LogP contribution in [0.2, 0.25) is 0 Å². The van der Waals surface area contributed by atoms with Gasteiger partial charge >= 0.3 is 0 Å². The Morgan fingerprint density at radius 3 is 2.69 bits per heavy atom. The summed E-state index contributed by atoms with van der Waals surface area (Å²) in [6.45, 7) is 6.65. The lowest BCUT2D eigenvalue weighted by molar-refractivity contribution is -0.114. The Morgan fingerprint density at radius 2 is 2.08 bits per heavy atom. The summed E-state index contributed by atoms with van der Waals surface area (Å²) < 4.78 is 0. The largest absolute Gasteiger partial charge is 0.398 e. The van der Waals surface area contributed by atoms with E-state index in [2.05, 4.69) is 17.3 Å². The molecule has 7 N–H and O–H groups in total. The van der Waals surface area contributed by atoms with Crippen LogP contribution in [0.3, 0.4) is 0 Å². The maximum atomic E-state index is 11.8. The smallest absolute Gasteiger partial charge is 0.266 e. The highest BCUT2D eigenvalue weighted by molar-refractivity contribution is 7.99. The molecule has 0 fully saturated rings. The fourth-order valence-corrected chi connectivity index (χ4v) is 3.39. The molecule has 0 unspecified atom stereocenters.